The molecule has 0 amide bonds. The topological polar surface area (TPSA) is 105 Å². The van der Waals surface area contributed by atoms with E-state index in [0.717, 1.165) is 30.8 Å². The van der Waals surface area contributed by atoms with Crippen molar-refractivity contribution in [3.8, 4) is 5.75 Å². The van der Waals surface area contributed by atoms with E-state index in [4.69, 9.17) is 14.6 Å². The van der Waals surface area contributed by atoms with Crippen LogP contribution in [0.25, 0.3) is 11.0 Å². The lowest BCUT2D eigenvalue weighted by Crippen LogP contribution is -2.50. The van der Waals surface area contributed by atoms with Crippen LogP contribution in [-0.4, -0.2) is 73.2 Å². The molecule has 0 bridgehead atoms. The van der Waals surface area contributed by atoms with Gasteiger partial charge in [0.05, 0.1) is 18.3 Å². The molecule has 0 saturated carbocycles. The van der Waals surface area contributed by atoms with Gasteiger partial charge in [-0.3, -0.25) is 14.7 Å². The third-order valence-corrected chi connectivity index (χ3v) is 7.75. The van der Waals surface area contributed by atoms with E-state index in [9.17, 15) is 8.42 Å². The minimum Gasteiger partial charge on any atom is -0.495 e. The normalized spacial score (nSPS) is 18.7. The zero-order valence-corrected chi connectivity index (χ0v) is 18.6. The summed E-state index contributed by atoms with van der Waals surface area (Å²) in [5.41, 5.74) is 2.19. The largest absolute Gasteiger partial charge is 0.495 e. The molecular weight excluding hydrogens is 432 g/mol. The second kappa shape index (κ2) is 9.17. The molecule has 2 aromatic heterocycles. The standard InChI is InChI=1S/C21H24N4O3S.CH2O2/c1-28-19-8-2-3-9-20(19)29(26,27)25-15-18(21-17(25)7-4-10-22-21)24-13-12-23-11-5-6-16(23)14-24;2-1-3/h2-4,7-10,15-16H,5-6,11-14H2,1H3;1H,(H,2,3). The molecule has 0 aliphatic carbocycles. The Morgan fingerprint density at radius 2 is 1.94 bits per heavy atom. The molecule has 1 unspecified atom stereocenters. The maximum absolute atomic E-state index is 13.5. The molecular formula is C22H26N4O5S. The number of nitrogens with zero attached hydrogens (tertiary/aromatic N) is 4. The van der Waals surface area contributed by atoms with Gasteiger partial charge in [-0.25, -0.2) is 12.4 Å². The number of hydrogen-bond donors (Lipinski definition) is 1. The number of benzene rings is 1. The zero-order valence-electron chi connectivity index (χ0n) is 17.8. The van der Waals surface area contributed by atoms with Crippen molar-refractivity contribution in [3.05, 3.63) is 48.8 Å². The summed E-state index contributed by atoms with van der Waals surface area (Å²) < 4.78 is 33.7. The lowest BCUT2D eigenvalue weighted by molar-refractivity contribution is -0.122. The van der Waals surface area contributed by atoms with E-state index in [1.807, 2.05) is 6.07 Å². The summed E-state index contributed by atoms with van der Waals surface area (Å²) in [7, 11) is -2.35. The Morgan fingerprint density at radius 3 is 2.72 bits per heavy atom. The summed E-state index contributed by atoms with van der Waals surface area (Å²) in [6.07, 6.45) is 5.88. The second-order valence-electron chi connectivity index (χ2n) is 7.72. The number of methoxy groups -OCH3 is 1. The van der Waals surface area contributed by atoms with Crippen LogP contribution in [0.1, 0.15) is 12.8 Å². The third-order valence-electron chi connectivity index (χ3n) is 6.04. The van der Waals surface area contributed by atoms with Crippen LogP contribution in [0.15, 0.2) is 53.7 Å². The Morgan fingerprint density at radius 1 is 1.16 bits per heavy atom. The van der Waals surface area contributed by atoms with Crippen LogP contribution < -0.4 is 9.64 Å². The van der Waals surface area contributed by atoms with Crippen molar-refractivity contribution in [2.75, 3.05) is 38.2 Å². The fraction of sp³-hybridized carbons (Fsp3) is 0.364. The highest BCUT2D eigenvalue weighted by Crippen LogP contribution is 2.35. The molecule has 1 atom stereocenters. The molecule has 5 rings (SSSR count). The first-order chi connectivity index (χ1) is 15.5. The van der Waals surface area contributed by atoms with E-state index < -0.39 is 10.0 Å². The van der Waals surface area contributed by atoms with E-state index in [-0.39, 0.29) is 11.4 Å². The number of fused-ring (bicyclic) bond motifs is 2. The fourth-order valence-electron chi connectivity index (χ4n) is 4.59. The van der Waals surface area contributed by atoms with Crippen molar-refractivity contribution in [3.63, 3.8) is 0 Å². The maximum Gasteiger partial charge on any atom is 0.290 e. The first kappa shape index (κ1) is 22.1. The van der Waals surface area contributed by atoms with Crippen LogP contribution in [0.5, 0.6) is 5.75 Å². The minimum absolute atomic E-state index is 0.149. The number of aromatic nitrogens is 2. The van der Waals surface area contributed by atoms with Gasteiger partial charge in [0, 0.05) is 38.1 Å². The van der Waals surface area contributed by atoms with E-state index in [0.29, 0.717) is 17.3 Å². The molecule has 4 heterocycles. The third kappa shape index (κ3) is 3.91. The number of hydrogen-bond acceptors (Lipinski definition) is 7. The Hall–Kier alpha value is -3.11. The zero-order chi connectivity index (χ0) is 22.7. The molecule has 10 heteroatoms. The number of para-hydroxylation sites is 1. The first-order valence-corrected chi connectivity index (χ1v) is 11.9. The average molecular weight is 459 g/mol. The van der Waals surface area contributed by atoms with Crippen molar-refractivity contribution < 1.29 is 23.1 Å². The fourth-order valence-corrected chi connectivity index (χ4v) is 6.10. The van der Waals surface area contributed by atoms with Crippen molar-refractivity contribution in [1.29, 1.82) is 0 Å². The van der Waals surface area contributed by atoms with E-state index in [2.05, 4.69) is 14.8 Å². The number of ether oxygens (including phenoxy) is 1. The highest BCUT2D eigenvalue weighted by atomic mass is 32.2. The summed E-state index contributed by atoms with van der Waals surface area (Å²) in [6.45, 7) is 3.70. The molecule has 1 aromatic carbocycles. The summed E-state index contributed by atoms with van der Waals surface area (Å²) >= 11 is 0. The monoisotopic (exact) mass is 458 g/mol. The number of pyridine rings is 1. The average Bonchev–Trinajstić information content (AvgIpc) is 3.44. The summed E-state index contributed by atoms with van der Waals surface area (Å²) in [5, 5.41) is 6.89. The van der Waals surface area contributed by atoms with Gasteiger partial charge in [-0.15, -0.1) is 0 Å². The number of anilines is 1. The van der Waals surface area contributed by atoms with Gasteiger partial charge >= 0.3 is 0 Å². The van der Waals surface area contributed by atoms with Crippen LogP contribution >= 0.6 is 0 Å². The molecule has 2 fully saturated rings. The highest BCUT2D eigenvalue weighted by Gasteiger charge is 2.33. The first-order valence-electron chi connectivity index (χ1n) is 10.4. The van der Waals surface area contributed by atoms with E-state index >= 15 is 0 Å². The van der Waals surface area contributed by atoms with E-state index in [1.165, 1.54) is 30.5 Å². The SMILES string of the molecule is COc1ccccc1S(=O)(=O)n1cc(N2CCN3CCCC3C2)c2ncccc21.O=CO. The number of carbonyl (C=O) groups is 1. The van der Waals surface area contributed by atoms with Gasteiger partial charge in [-0.2, -0.15) is 0 Å². The smallest absolute Gasteiger partial charge is 0.290 e. The van der Waals surface area contributed by atoms with Gasteiger partial charge in [0.15, 0.2) is 0 Å². The number of carboxylic acid groups (broad SMARTS) is 1. The Balaban J connectivity index is 0.000000775. The van der Waals surface area contributed by atoms with Gasteiger partial charge in [0.2, 0.25) is 0 Å². The number of rotatable bonds is 4. The minimum atomic E-state index is -3.83. The van der Waals surface area contributed by atoms with Crippen molar-refractivity contribution in [2.24, 2.45) is 0 Å². The van der Waals surface area contributed by atoms with Crippen molar-refractivity contribution >= 4 is 33.2 Å². The van der Waals surface area contributed by atoms with Gasteiger partial charge in [0.25, 0.3) is 16.5 Å². The quantitative estimate of drug-likeness (QED) is 0.594. The molecule has 9 nitrogen and oxygen atoms in total. The van der Waals surface area contributed by atoms with Gasteiger partial charge in [0.1, 0.15) is 16.2 Å². The molecule has 2 saturated heterocycles. The lowest BCUT2D eigenvalue weighted by atomic mass is 10.1. The molecule has 3 aromatic rings. The Kier molecular flexibility index (Phi) is 6.33. The molecule has 1 N–H and O–H groups in total. The molecule has 0 radical (unpaired) electrons. The molecule has 32 heavy (non-hydrogen) atoms. The van der Waals surface area contributed by atoms with Crippen molar-refractivity contribution in [1.82, 2.24) is 13.9 Å². The van der Waals surface area contributed by atoms with Gasteiger partial charge in [-0.05, 0) is 43.7 Å². The maximum atomic E-state index is 13.5. The number of piperazine rings is 1. The highest BCUT2D eigenvalue weighted by molar-refractivity contribution is 7.90. The summed E-state index contributed by atoms with van der Waals surface area (Å²) in [5.74, 6) is 0.333. The van der Waals surface area contributed by atoms with Crippen LogP contribution in [0, 0.1) is 0 Å². The summed E-state index contributed by atoms with van der Waals surface area (Å²) in [4.78, 5) is 17.9. The van der Waals surface area contributed by atoms with Crippen LogP contribution in [0.2, 0.25) is 0 Å². The molecule has 2 aliphatic heterocycles. The summed E-state index contributed by atoms with van der Waals surface area (Å²) in [6, 6.07) is 10.8. The van der Waals surface area contributed by atoms with Crippen LogP contribution in [0.3, 0.4) is 0 Å². The molecule has 0 spiro atoms. The Bertz CT molecular complexity index is 1210. The second-order valence-corrected chi connectivity index (χ2v) is 9.50. The lowest BCUT2D eigenvalue weighted by Gasteiger charge is -2.38. The predicted molar refractivity (Wildman–Crippen MR) is 121 cm³/mol. The Labute approximate surface area is 186 Å². The van der Waals surface area contributed by atoms with E-state index in [1.54, 1.807) is 42.7 Å². The van der Waals surface area contributed by atoms with Crippen LogP contribution in [-0.2, 0) is 14.8 Å². The van der Waals surface area contributed by atoms with Gasteiger partial charge < -0.3 is 14.7 Å². The molecule has 2 aliphatic rings. The van der Waals surface area contributed by atoms with Crippen molar-refractivity contribution in [2.45, 2.75) is 23.8 Å². The van der Waals surface area contributed by atoms with Gasteiger partial charge in [-0.1, -0.05) is 12.1 Å². The van der Waals surface area contributed by atoms with Crippen LogP contribution in [0.4, 0.5) is 5.69 Å². The molecule has 170 valence electrons. The predicted octanol–water partition coefficient (Wildman–Crippen LogP) is 2.27.